The van der Waals surface area contributed by atoms with Gasteiger partial charge in [-0.1, -0.05) is 11.6 Å². The van der Waals surface area contributed by atoms with Gasteiger partial charge < -0.3 is 5.32 Å². The summed E-state index contributed by atoms with van der Waals surface area (Å²) in [5.74, 6) is -0.770. The third-order valence-corrected chi connectivity index (χ3v) is 2.76. The van der Waals surface area contributed by atoms with Crippen LogP contribution in [0.4, 0.5) is 10.1 Å². The summed E-state index contributed by atoms with van der Waals surface area (Å²) in [4.78, 5) is 0. The lowest BCUT2D eigenvalue weighted by atomic mass is 10.2. The first-order chi connectivity index (χ1) is 8.54. The zero-order chi connectivity index (χ0) is 13.7. The molecule has 0 aliphatic carbocycles. The molecule has 0 bridgehead atoms. The van der Waals surface area contributed by atoms with Crippen LogP contribution >= 0.6 is 27.5 Å². The van der Waals surface area contributed by atoms with Gasteiger partial charge in [-0.15, -0.1) is 0 Å². The van der Waals surface area contributed by atoms with E-state index in [4.69, 9.17) is 27.4 Å². The van der Waals surface area contributed by atoms with Crippen molar-refractivity contribution in [3.63, 3.8) is 0 Å². The van der Waals surface area contributed by atoms with Crippen molar-refractivity contribution in [1.29, 1.82) is 15.8 Å². The lowest BCUT2D eigenvalue weighted by Crippen LogP contribution is -1.98. The van der Waals surface area contributed by atoms with E-state index in [9.17, 15) is 4.39 Å². The molecule has 88 valence electrons. The zero-order valence-electron chi connectivity index (χ0n) is 8.63. The van der Waals surface area contributed by atoms with E-state index in [1.165, 1.54) is 6.07 Å². The van der Waals surface area contributed by atoms with Gasteiger partial charge in [0.1, 0.15) is 29.3 Å². The SMILES string of the molecule is N#CC(C#N)=CNc1c(Cl)cc(Br)c(F)c1C#N. The summed E-state index contributed by atoms with van der Waals surface area (Å²) in [6, 6.07) is 6.16. The highest BCUT2D eigenvalue weighted by molar-refractivity contribution is 9.10. The summed E-state index contributed by atoms with van der Waals surface area (Å²) in [6.45, 7) is 0. The number of benzene rings is 1. The van der Waals surface area contributed by atoms with Crippen LogP contribution in [0.1, 0.15) is 5.56 Å². The molecule has 1 aromatic carbocycles. The molecule has 1 N–H and O–H groups in total. The van der Waals surface area contributed by atoms with E-state index in [1.807, 2.05) is 0 Å². The molecular weight excluding hydrogens is 323 g/mol. The van der Waals surface area contributed by atoms with Crippen molar-refractivity contribution in [3.8, 4) is 18.2 Å². The van der Waals surface area contributed by atoms with Crippen LogP contribution in [0.5, 0.6) is 0 Å². The monoisotopic (exact) mass is 324 g/mol. The van der Waals surface area contributed by atoms with Crippen LogP contribution in [-0.4, -0.2) is 0 Å². The Balaban J connectivity index is 3.32. The van der Waals surface area contributed by atoms with Crippen molar-refractivity contribution in [2.24, 2.45) is 0 Å². The van der Waals surface area contributed by atoms with Crippen LogP contribution < -0.4 is 5.32 Å². The largest absolute Gasteiger partial charge is 0.357 e. The maximum atomic E-state index is 13.6. The molecule has 0 saturated carbocycles. The highest BCUT2D eigenvalue weighted by Crippen LogP contribution is 2.33. The topological polar surface area (TPSA) is 83.4 Å². The minimum Gasteiger partial charge on any atom is -0.357 e. The van der Waals surface area contributed by atoms with E-state index in [1.54, 1.807) is 18.2 Å². The Hall–Kier alpha value is -2.07. The van der Waals surface area contributed by atoms with E-state index in [-0.39, 0.29) is 26.3 Å². The maximum absolute atomic E-state index is 13.6. The molecule has 0 aromatic heterocycles. The molecule has 0 radical (unpaired) electrons. The molecule has 0 aliphatic rings. The summed E-state index contributed by atoms with van der Waals surface area (Å²) in [7, 11) is 0. The number of allylic oxidation sites excluding steroid dienone is 1. The summed E-state index contributed by atoms with van der Waals surface area (Å²) in [6.07, 6.45) is 1.05. The van der Waals surface area contributed by atoms with Gasteiger partial charge in [0.15, 0.2) is 5.82 Å². The lowest BCUT2D eigenvalue weighted by molar-refractivity contribution is 0.618. The molecule has 0 unspecified atom stereocenters. The predicted molar refractivity (Wildman–Crippen MR) is 66.8 cm³/mol. The van der Waals surface area contributed by atoms with Crippen LogP contribution in [0, 0.1) is 39.8 Å². The molecule has 7 heteroatoms. The third kappa shape index (κ3) is 2.78. The van der Waals surface area contributed by atoms with Crippen LogP contribution in [-0.2, 0) is 0 Å². The Kier molecular flexibility index (Phi) is 4.68. The number of hydrogen-bond acceptors (Lipinski definition) is 4. The first kappa shape index (κ1) is 14.0. The van der Waals surface area contributed by atoms with Gasteiger partial charge in [0, 0.05) is 6.20 Å². The molecule has 0 fully saturated rings. The predicted octanol–water partition coefficient (Wildman–Crippen LogP) is 3.46. The third-order valence-electron chi connectivity index (χ3n) is 1.88. The highest BCUT2D eigenvalue weighted by atomic mass is 79.9. The van der Waals surface area contributed by atoms with E-state index in [2.05, 4.69) is 21.2 Å². The average Bonchev–Trinajstić information content (AvgIpc) is 2.36. The molecule has 1 aromatic rings. The minimum atomic E-state index is -0.770. The molecule has 1 rings (SSSR count). The Bertz CT molecular complexity index is 633. The Morgan fingerprint density at radius 1 is 1.39 bits per heavy atom. The van der Waals surface area contributed by atoms with Gasteiger partial charge >= 0.3 is 0 Å². The molecule has 18 heavy (non-hydrogen) atoms. The van der Waals surface area contributed by atoms with Crippen LogP contribution in [0.25, 0.3) is 0 Å². The second-order valence-electron chi connectivity index (χ2n) is 2.94. The van der Waals surface area contributed by atoms with Gasteiger partial charge in [-0.3, -0.25) is 0 Å². The van der Waals surface area contributed by atoms with Crippen LogP contribution in [0.2, 0.25) is 5.02 Å². The lowest BCUT2D eigenvalue weighted by Gasteiger charge is -2.08. The number of nitrogens with one attached hydrogen (secondary N) is 1. The van der Waals surface area contributed by atoms with Gasteiger partial charge in [-0.2, -0.15) is 15.8 Å². The fraction of sp³-hybridized carbons (Fsp3) is 0. The summed E-state index contributed by atoms with van der Waals surface area (Å²) >= 11 is 8.77. The number of anilines is 1. The van der Waals surface area contributed by atoms with Crippen LogP contribution in [0.15, 0.2) is 22.3 Å². The first-order valence-corrected chi connectivity index (χ1v) is 5.56. The molecule has 0 heterocycles. The standard InChI is InChI=1S/C11H3BrClFN4/c12-8-1-9(13)11(7(4-17)10(8)14)18-5-6(2-15)3-16/h1,5,18H. The normalized spacial score (nSPS) is 8.67. The van der Waals surface area contributed by atoms with Crippen molar-refractivity contribution in [2.75, 3.05) is 5.32 Å². The molecule has 0 spiro atoms. The molecular formula is C11H3BrClFN4. The number of halogens is 3. The fourth-order valence-electron chi connectivity index (χ4n) is 1.08. The van der Waals surface area contributed by atoms with Gasteiger partial charge in [0.2, 0.25) is 0 Å². The first-order valence-electron chi connectivity index (χ1n) is 4.39. The Labute approximate surface area is 116 Å². The maximum Gasteiger partial charge on any atom is 0.157 e. The Morgan fingerprint density at radius 2 is 2.00 bits per heavy atom. The second kappa shape index (κ2) is 6.02. The molecule has 0 aliphatic heterocycles. The van der Waals surface area contributed by atoms with E-state index >= 15 is 0 Å². The van der Waals surface area contributed by atoms with Gasteiger partial charge in [0.25, 0.3) is 0 Å². The summed E-state index contributed by atoms with van der Waals surface area (Å²) in [5, 5.41) is 28.5. The van der Waals surface area contributed by atoms with E-state index in [0.717, 1.165) is 6.20 Å². The van der Waals surface area contributed by atoms with E-state index in [0.29, 0.717) is 0 Å². The smallest absolute Gasteiger partial charge is 0.157 e. The van der Waals surface area contributed by atoms with Gasteiger partial charge in [-0.25, -0.2) is 4.39 Å². The van der Waals surface area contributed by atoms with Crippen molar-refractivity contribution < 1.29 is 4.39 Å². The van der Waals surface area contributed by atoms with Gasteiger partial charge in [0.05, 0.1) is 15.2 Å². The van der Waals surface area contributed by atoms with Crippen molar-refractivity contribution >= 4 is 33.2 Å². The Morgan fingerprint density at radius 3 is 2.50 bits per heavy atom. The summed E-state index contributed by atoms with van der Waals surface area (Å²) in [5.41, 5.74) is -0.526. The zero-order valence-corrected chi connectivity index (χ0v) is 11.0. The molecule has 0 amide bonds. The number of nitrogens with zero attached hydrogens (tertiary/aromatic N) is 3. The summed E-state index contributed by atoms with van der Waals surface area (Å²) < 4.78 is 13.7. The average molecular weight is 326 g/mol. The quantitative estimate of drug-likeness (QED) is 0.666. The number of rotatable bonds is 2. The van der Waals surface area contributed by atoms with Crippen LogP contribution in [0.3, 0.4) is 0 Å². The van der Waals surface area contributed by atoms with E-state index < -0.39 is 5.82 Å². The fourth-order valence-corrected chi connectivity index (χ4v) is 1.89. The second-order valence-corrected chi connectivity index (χ2v) is 4.20. The van der Waals surface area contributed by atoms with Crippen molar-refractivity contribution in [3.05, 3.63) is 38.7 Å². The molecule has 4 nitrogen and oxygen atoms in total. The van der Waals surface area contributed by atoms with Gasteiger partial charge in [-0.05, 0) is 22.0 Å². The highest BCUT2D eigenvalue weighted by Gasteiger charge is 2.15. The van der Waals surface area contributed by atoms with Crippen molar-refractivity contribution in [1.82, 2.24) is 0 Å². The van der Waals surface area contributed by atoms with Crippen molar-refractivity contribution in [2.45, 2.75) is 0 Å². The molecule has 0 saturated heterocycles. The number of hydrogen-bond donors (Lipinski definition) is 1. The number of nitriles is 3. The minimum absolute atomic E-state index is 0.00265. The molecule has 0 atom stereocenters.